The smallest absolute Gasteiger partial charge is 0.306 e. The second-order valence-electron chi connectivity index (χ2n) is 6.18. The number of esters is 1. The second-order valence-corrected chi connectivity index (χ2v) is 7.82. The highest BCUT2D eigenvalue weighted by Crippen LogP contribution is 2.23. The van der Waals surface area contributed by atoms with E-state index in [1.807, 2.05) is 20.8 Å². The van der Waals surface area contributed by atoms with Crippen LogP contribution in [0, 0.1) is 5.92 Å². The Labute approximate surface area is 120 Å². The maximum absolute atomic E-state index is 11.7. The molecule has 118 valence electrons. The van der Waals surface area contributed by atoms with Crippen molar-refractivity contribution in [3.63, 3.8) is 0 Å². The van der Waals surface area contributed by atoms with Gasteiger partial charge in [-0.15, -0.1) is 0 Å². The van der Waals surface area contributed by atoms with Crippen LogP contribution in [0.4, 0.5) is 0 Å². The van der Waals surface area contributed by atoms with Crippen LogP contribution in [-0.2, 0) is 28.6 Å². The van der Waals surface area contributed by atoms with Crippen LogP contribution >= 0.6 is 0 Å². The molecule has 6 nitrogen and oxygen atoms in total. The van der Waals surface area contributed by atoms with E-state index in [2.05, 4.69) is 0 Å². The zero-order valence-corrected chi connectivity index (χ0v) is 13.4. The lowest BCUT2D eigenvalue weighted by molar-refractivity contribution is -0.157. The summed E-state index contributed by atoms with van der Waals surface area (Å²) < 4.78 is 37.2. The number of rotatable bonds is 5. The summed E-state index contributed by atoms with van der Waals surface area (Å²) in [6.45, 7) is 5.97. The largest absolute Gasteiger partial charge is 0.460 e. The zero-order valence-electron chi connectivity index (χ0n) is 12.5. The number of hydrogen-bond acceptors (Lipinski definition) is 6. The first kappa shape index (κ1) is 17.4. The van der Waals surface area contributed by atoms with Gasteiger partial charge < -0.3 is 9.47 Å². The molecule has 2 atom stereocenters. The molecule has 1 fully saturated rings. The molecule has 0 bridgehead atoms. The summed E-state index contributed by atoms with van der Waals surface area (Å²) in [5, 5.41) is 0. The Morgan fingerprint density at radius 3 is 2.40 bits per heavy atom. The molecular formula is C13H24O6S. The van der Waals surface area contributed by atoms with Crippen molar-refractivity contribution in [3.8, 4) is 0 Å². The number of ether oxygens (including phenoxy) is 2. The molecule has 0 amide bonds. The third kappa shape index (κ3) is 7.81. The fourth-order valence-corrected chi connectivity index (χ4v) is 2.37. The van der Waals surface area contributed by atoms with Gasteiger partial charge in [-0.1, -0.05) is 0 Å². The minimum Gasteiger partial charge on any atom is -0.460 e. The van der Waals surface area contributed by atoms with E-state index in [0.717, 1.165) is 12.7 Å². The monoisotopic (exact) mass is 308 g/mol. The molecule has 0 spiro atoms. The van der Waals surface area contributed by atoms with Gasteiger partial charge in [0.15, 0.2) is 0 Å². The van der Waals surface area contributed by atoms with Crippen LogP contribution in [0.25, 0.3) is 0 Å². The maximum Gasteiger partial charge on any atom is 0.306 e. The van der Waals surface area contributed by atoms with Crippen molar-refractivity contribution < 1.29 is 26.9 Å². The summed E-state index contributed by atoms with van der Waals surface area (Å²) in [5.74, 6) is -0.101. The minimum absolute atomic E-state index is 0.0397. The molecule has 0 aromatic rings. The van der Waals surface area contributed by atoms with Gasteiger partial charge in [-0.3, -0.25) is 8.98 Å². The Bertz CT molecular complexity index is 415. The molecule has 7 heteroatoms. The second kappa shape index (κ2) is 6.87. The molecule has 0 aromatic heterocycles. The molecule has 1 aliphatic heterocycles. The normalized spacial score (nSPS) is 24.4. The first-order valence-corrected chi connectivity index (χ1v) is 8.54. The van der Waals surface area contributed by atoms with Gasteiger partial charge in [0.2, 0.25) is 0 Å². The molecule has 20 heavy (non-hydrogen) atoms. The van der Waals surface area contributed by atoms with Crippen LogP contribution in [0.1, 0.15) is 40.0 Å². The molecular weight excluding hydrogens is 284 g/mol. The highest BCUT2D eigenvalue weighted by molar-refractivity contribution is 7.85. The topological polar surface area (TPSA) is 78.9 Å². The highest BCUT2D eigenvalue weighted by atomic mass is 32.2. The van der Waals surface area contributed by atoms with Crippen molar-refractivity contribution in [2.24, 2.45) is 5.92 Å². The number of carbonyl (C=O) groups excluding carboxylic acids is 1. The van der Waals surface area contributed by atoms with Crippen molar-refractivity contribution in [2.45, 2.75) is 51.7 Å². The van der Waals surface area contributed by atoms with Crippen LogP contribution < -0.4 is 0 Å². The van der Waals surface area contributed by atoms with Crippen LogP contribution in [-0.4, -0.2) is 45.6 Å². The van der Waals surface area contributed by atoms with E-state index >= 15 is 0 Å². The molecule has 1 heterocycles. The predicted octanol–water partition coefficient (Wildman–Crippen LogP) is 1.49. The van der Waals surface area contributed by atoms with Crippen molar-refractivity contribution >= 4 is 16.1 Å². The molecule has 0 radical (unpaired) electrons. The Balaban J connectivity index is 2.27. The summed E-state index contributed by atoms with van der Waals surface area (Å²) in [6, 6.07) is 0. The lowest BCUT2D eigenvalue weighted by Crippen LogP contribution is -2.32. The van der Waals surface area contributed by atoms with Crippen LogP contribution in [0.2, 0.25) is 0 Å². The van der Waals surface area contributed by atoms with Crippen LogP contribution in [0.3, 0.4) is 0 Å². The lowest BCUT2D eigenvalue weighted by Gasteiger charge is -2.29. The SMILES string of the molecule is CC(C)(C)OC(=O)C[C@@H]1CC[C@@H](COS(C)(=O)=O)OC1. The average Bonchev–Trinajstić information content (AvgIpc) is 2.24. The van der Waals surface area contributed by atoms with Gasteiger partial charge in [0.1, 0.15) is 5.60 Å². The number of carbonyl (C=O) groups is 1. The maximum atomic E-state index is 11.7. The molecule has 0 N–H and O–H groups in total. The van der Waals surface area contributed by atoms with E-state index in [0.29, 0.717) is 19.4 Å². The van der Waals surface area contributed by atoms with E-state index in [9.17, 15) is 13.2 Å². The third-order valence-electron chi connectivity index (χ3n) is 2.81. The summed E-state index contributed by atoms with van der Waals surface area (Å²) in [4.78, 5) is 11.7. The van der Waals surface area contributed by atoms with Crippen LogP contribution in [0.15, 0.2) is 0 Å². The first-order valence-electron chi connectivity index (χ1n) is 6.73. The van der Waals surface area contributed by atoms with Crippen molar-refractivity contribution in [1.29, 1.82) is 0 Å². The van der Waals surface area contributed by atoms with E-state index in [1.54, 1.807) is 0 Å². The third-order valence-corrected chi connectivity index (χ3v) is 3.37. The summed E-state index contributed by atoms with van der Waals surface area (Å²) in [7, 11) is -3.43. The molecule has 0 saturated carbocycles. The minimum atomic E-state index is -3.43. The van der Waals surface area contributed by atoms with Crippen molar-refractivity contribution in [2.75, 3.05) is 19.5 Å². The highest BCUT2D eigenvalue weighted by Gasteiger charge is 2.26. The van der Waals surface area contributed by atoms with E-state index in [1.165, 1.54) is 0 Å². The standard InChI is InChI=1S/C13H24O6S/c1-13(2,3)19-12(14)7-10-5-6-11(17-8-10)9-18-20(4,15)16/h10-11H,5-9H2,1-4H3/t10-,11-/m0/s1. The van der Waals surface area contributed by atoms with Gasteiger partial charge in [0.25, 0.3) is 10.1 Å². The van der Waals surface area contributed by atoms with Crippen molar-refractivity contribution in [1.82, 2.24) is 0 Å². The van der Waals surface area contributed by atoms with Gasteiger partial charge in [-0.25, -0.2) is 0 Å². The fourth-order valence-electron chi connectivity index (χ4n) is 1.97. The number of hydrogen-bond donors (Lipinski definition) is 0. The van der Waals surface area contributed by atoms with E-state index in [4.69, 9.17) is 13.7 Å². The quantitative estimate of drug-likeness (QED) is 0.565. The Morgan fingerprint density at radius 1 is 1.30 bits per heavy atom. The molecule has 0 unspecified atom stereocenters. The zero-order chi connectivity index (χ0) is 15.4. The summed E-state index contributed by atoms with van der Waals surface area (Å²) >= 11 is 0. The molecule has 0 aromatic carbocycles. The fraction of sp³-hybridized carbons (Fsp3) is 0.923. The van der Waals surface area contributed by atoms with Gasteiger partial charge in [-0.2, -0.15) is 8.42 Å². The van der Waals surface area contributed by atoms with E-state index < -0.39 is 15.7 Å². The Hall–Kier alpha value is -0.660. The Morgan fingerprint density at radius 2 is 1.95 bits per heavy atom. The molecule has 1 saturated heterocycles. The predicted molar refractivity (Wildman–Crippen MR) is 73.7 cm³/mol. The van der Waals surface area contributed by atoms with Gasteiger partial charge in [0.05, 0.1) is 32.0 Å². The molecule has 0 aliphatic carbocycles. The molecule has 1 aliphatic rings. The average molecular weight is 308 g/mol. The van der Waals surface area contributed by atoms with Gasteiger partial charge in [0, 0.05) is 0 Å². The van der Waals surface area contributed by atoms with Crippen LogP contribution in [0.5, 0.6) is 0 Å². The lowest BCUT2D eigenvalue weighted by atomic mass is 9.95. The van der Waals surface area contributed by atoms with Crippen molar-refractivity contribution in [3.05, 3.63) is 0 Å². The summed E-state index contributed by atoms with van der Waals surface area (Å²) in [6.07, 6.45) is 2.61. The van der Waals surface area contributed by atoms with Gasteiger partial charge >= 0.3 is 5.97 Å². The molecule has 1 rings (SSSR count). The van der Waals surface area contributed by atoms with E-state index in [-0.39, 0.29) is 24.6 Å². The Kier molecular flexibility index (Phi) is 5.97. The summed E-state index contributed by atoms with van der Waals surface area (Å²) in [5.41, 5.74) is -0.474. The first-order chi connectivity index (χ1) is 9.05. The van der Waals surface area contributed by atoms with Gasteiger partial charge in [-0.05, 0) is 39.5 Å².